The molecule has 1 aliphatic heterocycles. The lowest BCUT2D eigenvalue weighted by molar-refractivity contribution is -0.140. The average Bonchev–Trinajstić information content (AvgIpc) is 3.46. The highest BCUT2D eigenvalue weighted by Gasteiger charge is 2.63. The quantitative estimate of drug-likeness (QED) is 0.676. The molecule has 30 heavy (non-hydrogen) atoms. The molecule has 4 rings (SSSR count). The number of nitrogens with zero attached hydrogens (tertiary/aromatic N) is 1. The smallest absolute Gasteiger partial charge is 0.325 e. The van der Waals surface area contributed by atoms with Crippen LogP contribution in [0.3, 0.4) is 0 Å². The zero-order chi connectivity index (χ0) is 21.4. The summed E-state index contributed by atoms with van der Waals surface area (Å²) in [5.41, 5.74) is -0.672. The first-order chi connectivity index (χ1) is 14.3. The van der Waals surface area contributed by atoms with Gasteiger partial charge >= 0.3 is 5.97 Å². The Bertz CT molecular complexity index is 1010. The van der Waals surface area contributed by atoms with Gasteiger partial charge in [-0.25, -0.2) is 0 Å². The molecule has 2 fully saturated rings. The fourth-order valence-electron chi connectivity index (χ4n) is 3.93. The lowest BCUT2D eigenvalue weighted by atomic mass is 10.1. The van der Waals surface area contributed by atoms with Gasteiger partial charge in [0, 0.05) is 24.0 Å². The molecule has 0 radical (unpaired) electrons. The Morgan fingerprint density at radius 2 is 1.73 bits per heavy atom. The van der Waals surface area contributed by atoms with E-state index in [1.54, 1.807) is 24.3 Å². The van der Waals surface area contributed by atoms with E-state index in [2.05, 4.69) is 4.72 Å². The molecule has 0 aromatic heterocycles. The van der Waals surface area contributed by atoms with Gasteiger partial charge in [-0.15, -0.1) is 0 Å². The first kappa shape index (κ1) is 21.1. The van der Waals surface area contributed by atoms with Crippen molar-refractivity contribution in [1.29, 1.82) is 0 Å². The van der Waals surface area contributed by atoms with E-state index in [1.807, 2.05) is 30.3 Å². The second-order valence-corrected chi connectivity index (χ2v) is 9.83. The fourth-order valence-corrected chi connectivity index (χ4v) is 5.65. The summed E-state index contributed by atoms with van der Waals surface area (Å²) in [6.45, 7) is 0.526. The van der Waals surface area contributed by atoms with Gasteiger partial charge in [0.25, 0.3) is 10.2 Å². The third kappa shape index (κ3) is 4.32. The summed E-state index contributed by atoms with van der Waals surface area (Å²) < 4.78 is 35.5. The maximum Gasteiger partial charge on any atom is 0.325 e. The number of ether oxygens (including phenoxy) is 1. The van der Waals surface area contributed by atoms with Crippen LogP contribution in [0.15, 0.2) is 54.6 Å². The second-order valence-electron chi connectivity index (χ2n) is 7.72. The van der Waals surface area contributed by atoms with E-state index >= 15 is 0 Å². The van der Waals surface area contributed by atoms with Gasteiger partial charge in [-0.3, -0.25) is 4.79 Å². The van der Waals surface area contributed by atoms with Crippen LogP contribution >= 0.6 is 11.6 Å². The number of piperidine rings is 1. The van der Waals surface area contributed by atoms with Gasteiger partial charge in [0.1, 0.15) is 17.4 Å². The molecule has 0 spiro atoms. The van der Waals surface area contributed by atoms with E-state index in [0.717, 1.165) is 5.56 Å². The van der Waals surface area contributed by atoms with Crippen LogP contribution < -0.4 is 9.46 Å². The molecule has 0 amide bonds. The molecule has 0 bridgehead atoms. The number of hydrogen-bond donors (Lipinski definition) is 2. The maximum atomic E-state index is 12.9. The number of carboxylic acid groups (broad SMARTS) is 1. The third-order valence-corrected chi connectivity index (χ3v) is 7.63. The molecular weight excluding hydrogens is 428 g/mol. The van der Waals surface area contributed by atoms with Crippen LogP contribution in [-0.2, 0) is 15.0 Å². The number of carbonyl (C=O) groups is 1. The van der Waals surface area contributed by atoms with Crippen LogP contribution in [0.25, 0.3) is 0 Å². The van der Waals surface area contributed by atoms with E-state index in [1.165, 1.54) is 4.31 Å². The number of aliphatic carboxylic acids is 1. The van der Waals surface area contributed by atoms with Gasteiger partial charge in [-0.05, 0) is 49.1 Å². The summed E-state index contributed by atoms with van der Waals surface area (Å²) in [5.74, 6) is -0.843. The van der Waals surface area contributed by atoms with Crippen LogP contribution in [0.4, 0.5) is 0 Å². The van der Waals surface area contributed by atoms with Crippen molar-refractivity contribution in [1.82, 2.24) is 9.03 Å². The third-order valence-electron chi connectivity index (χ3n) is 5.71. The standard InChI is InChI=1S/C21H23ClN2O5S/c22-16-6-8-17(9-7-16)29-18-10-12-24(13-11-18)30(27,28)23-21(20(25)26)14-19(21)15-4-2-1-3-5-15/h1-9,18-19,23H,10-14H2,(H,25,26). The van der Waals surface area contributed by atoms with Crippen molar-refractivity contribution >= 4 is 27.8 Å². The molecule has 160 valence electrons. The average molecular weight is 451 g/mol. The van der Waals surface area contributed by atoms with Crippen LogP contribution in [0.2, 0.25) is 5.02 Å². The Balaban J connectivity index is 1.38. The van der Waals surface area contributed by atoms with Gasteiger partial charge in [-0.1, -0.05) is 41.9 Å². The molecule has 1 saturated carbocycles. The van der Waals surface area contributed by atoms with Crippen LogP contribution in [0.5, 0.6) is 5.75 Å². The first-order valence-electron chi connectivity index (χ1n) is 9.80. The number of hydrogen-bond acceptors (Lipinski definition) is 4. The minimum absolute atomic E-state index is 0.107. The predicted molar refractivity (Wildman–Crippen MR) is 113 cm³/mol. The molecule has 9 heteroatoms. The van der Waals surface area contributed by atoms with Crippen LogP contribution in [-0.4, -0.2) is 48.5 Å². The predicted octanol–water partition coefficient (Wildman–Crippen LogP) is 3.03. The largest absolute Gasteiger partial charge is 0.490 e. The van der Waals surface area contributed by atoms with Crippen molar-refractivity contribution < 1.29 is 23.1 Å². The number of rotatable bonds is 7. The molecule has 2 atom stereocenters. The Morgan fingerprint density at radius 3 is 2.33 bits per heavy atom. The zero-order valence-corrected chi connectivity index (χ0v) is 17.8. The van der Waals surface area contributed by atoms with E-state index in [0.29, 0.717) is 23.6 Å². The highest BCUT2D eigenvalue weighted by atomic mass is 35.5. The molecule has 2 aromatic carbocycles. The minimum atomic E-state index is -3.94. The monoisotopic (exact) mass is 450 g/mol. The molecule has 2 unspecified atom stereocenters. The van der Waals surface area contributed by atoms with E-state index in [4.69, 9.17) is 16.3 Å². The maximum absolute atomic E-state index is 12.9. The summed E-state index contributed by atoms with van der Waals surface area (Å²) in [5, 5.41) is 10.4. The molecular formula is C21H23ClN2O5S. The minimum Gasteiger partial charge on any atom is -0.490 e. The van der Waals surface area contributed by atoms with Gasteiger partial charge in [0.15, 0.2) is 0 Å². The molecule has 7 nitrogen and oxygen atoms in total. The lowest BCUT2D eigenvalue weighted by Crippen LogP contribution is -2.53. The van der Waals surface area contributed by atoms with Gasteiger partial charge in [0.2, 0.25) is 0 Å². The summed E-state index contributed by atoms with van der Waals surface area (Å²) in [6, 6.07) is 16.2. The number of halogens is 1. The number of benzene rings is 2. The molecule has 2 aromatic rings. The topological polar surface area (TPSA) is 95.9 Å². The summed E-state index contributed by atoms with van der Waals surface area (Å²) in [7, 11) is -3.94. The Kier molecular flexibility index (Phi) is 5.76. The summed E-state index contributed by atoms with van der Waals surface area (Å²) in [6.07, 6.45) is 1.17. The zero-order valence-electron chi connectivity index (χ0n) is 16.2. The Labute approximate surface area is 180 Å². The first-order valence-corrected chi connectivity index (χ1v) is 11.6. The normalized spacial score (nSPS) is 25.0. The fraction of sp³-hybridized carbons (Fsp3) is 0.381. The Morgan fingerprint density at radius 1 is 1.10 bits per heavy atom. The molecule has 1 saturated heterocycles. The van der Waals surface area contributed by atoms with Crippen molar-refractivity contribution in [3.63, 3.8) is 0 Å². The van der Waals surface area contributed by atoms with Gasteiger partial charge in [-0.2, -0.15) is 17.4 Å². The van der Waals surface area contributed by atoms with E-state index < -0.39 is 21.7 Å². The van der Waals surface area contributed by atoms with E-state index in [-0.39, 0.29) is 31.5 Å². The number of nitrogens with one attached hydrogen (secondary N) is 1. The van der Waals surface area contributed by atoms with Crippen molar-refractivity contribution in [3.8, 4) is 5.75 Å². The SMILES string of the molecule is O=C(O)C1(NS(=O)(=O)N2CCC(Oc3ccc(Cl)cc3)CC2)CC1c1ccccc1. The second kappa shape index (κ2) is 8.19. The number of carboxylic acids is 1. The van der Waals surface area contributed by atoms with Crippen molar-refractivity contribution in [3.05, 3.63) is 65.2 Å². The highest BCUT2D eigenvalue weighted by molar-refractivity contribution is 7.87. The van der Waals surface area contributed by atoms with E-state index in [9.17, 15) is 18.3 Å². The highest BCUT2D eigenvalue weighted by Crippen LogP contribution is 2.52. The lowest BCUT2D eigenvalue weighted by Gasteiger charge is -2.32. The Hall–Kier alpha value is -2.13. The molecule has 1 aliphatic carbocycles. The van der Waals surface area contributed by atoms with Crippen LogP contribution in [0.1, 0.15) is 30.7 Å². The summed E-state index contributed by atoms with van der Waals surface area (Å²) in [4.78, 5) is 11.9. The molecule has 2 aliphatic rings. The van der Waals surface area contributed by atoms with Crippen LogP contribution in [0, 0.1) is 0 Å². The van der Waals surface area contributed by atoms with Crippen molar-refractivity contribution in [2.45, 2.75) is 36.8 Å². The van der Waals surface area contributed by atoms with Gasteiger partial charge < -0.3 is 9.84 Å². The van der Waals surface area contributed by atoms with Crippen molar-refractivity contribution in [2.24, 2.45) is 0 Å². The summed E-state index contributed by atoms with van der Waals surface area (Å²) >= 11 is 5.88. The molecule has 1 heterocycles. The van der Waals surface area contributed by atoms with Gasteiger partial charge in [0.05, 0.1) is 0 Å². The van der Waals surface area contributed by atoms with Crippen molar-refractivity contribution in [2.75, 3.05) is 13.1 Å². The molecule has 2 N–H and O–H groups in total.